The van der Waals surface area contributed by atoms with E-state index in [-0.39, 0.29) is 17.9 Å². The van der Waals surface area contributed by atoms with E-state index in [1.165, 1.54) is 0 Å². The highest BCUT2D eigenvalue weighted by molar-refractivity contribution is 5.97. The maximum Gasteiger partial charge on any atom is 0.251 e. The molecule has 0 aliphatic carbocycles. The first-order chi connectivity index (χ1) is 12.6. The molecule has 1 saturated heterocycles. The summed E-state index contributed by atoms with van der Waals surface area (Å²) in [4.78, 5) is 27.3. The fourth-order valence-electron chi connectivity index (χ4n) is 3.19. The molecule has 1 fully saturated rings. The number of likely N-dealkylation sites (tertiary alicyclic amines) is 1. The number of hydrogen-bond donors (Lipinski definition) is 2. The summed E-state index contributed by atoms with van der Waals surface area (Å²) in [6.45, 7) is 1.04. The van der Waals surface area contributed by atoms with Gasteiger partial charge in [-0.2, -0.15) is 0 Å². The number of nitrogens with zero attached hydrogens (tertiary/aromatic N) is 1. The highest BCUT2D eigenvalue weighted by Crippen LogP contribution is 2.14. The average Bonchev–Trinajstić information content (AvgIpc) is 2.69. The molecule has 0 bridgehead atoms. The summed E-state index contributed by atoms with van der Waals surface area (Å²) >= 11 is 0. The molecule has 0 aromatic heterocycles. The van der Waals surface area contributed by atoms with Crippen LogP contribution in [0, 0.1) is 0 Å². The fraction of sp³-hybridized carbons (Fsp3) is 0.333. The molecule has 5 heteroatoms. The van der Waals surface area contributed by atoms with E-state index in [9.17, 15) is 14.7 Å². The Kier molecular flexibility index (Phi) is 6.02. The summed E-state index contributed by atoms with van der Waals surface area (Å²) < 4.78 is 0. The van der Waals surface area contributed by atoms with Crippen LogP contribution in [0.25, 0.3) is 0 Å². The predicted molar refractivity (Wildman–Crippen MR) is 99.7 cm³/mol. The van der Waals surface area contributed by atoms with E-state index in [4.69, 9.17) is 0 Å². The van der Waals surface area contributed by atoms with Crippen molar-refractivity contribution in [2.24, 2.45) is 0 Å². The third-order valence-corrected chi connectivity index (χ3v) is 4.70. The number of amides is 2. The van der Waals surface area contributed by atoms with Gasteiger partial charge in [-0.1, -0.05) is 48.5 Å². The second-order valence-electron chi connectivity index (χ2n) is 6.64. The van der Waals surface area contributed by atoms with E-state index in [0.717, 1.165) is 5.56 Å². The number of nitrogens with one attached hydrogen (secondary N) is 1. The molecule has 1 unspecified atom stereocenters. The Morgan fingerprint density at radius 1 is 1.00 bits per heavy atom. The maximum atomic E-state index is 13.0. The molecule has 5 nitrogen and oxygen atoms in total. The molecule has 26 heavy (non-hydrogen) atoms. The summed E-state index contributed by atoms with van der Waals surface area (Å²) in [5, 5.41) is 12.6. The van der Waals surface area contributed by atoms with Crippen LogP contribution < -0.4 is 5.32 Å². The number of rotatable bonds is 5. The highest BCUT2D eigenvalue weighted by atomic mass is 16.3. The Hall–Kier alpha value is -2.66. The Morgan fingerprint density at radius 2 is 1.58 bits per heavy atom. The van der Waals surface area contributed by atoms with Crippen molar-refractivity contribution >= 4 is 11.8 Å². The summed E-state index contributed by atoms with van der Waals surface area (Å²) in [6.07, 6.45) is 1.26. The normalized spacial score (nSPS) is 16.1. The summed E-state index contributed by atoms with van der Waals surface area (Å²) in [5.74, 6) is -0.345. The van der Waals surface area contributed by atoms with Crippen LogP contribution in [0.2, 0.25) is 0 Å². The Bertz CT molecular complexity index is 725. The van der Waals surface area contributed by atoms with E-state index in [2.05, 4.69) is 5.32 Å². The third kappa shape index (κ3) is 4.70. The van der Waals surface area contributed by atoms with Crippen LogP contribution in [-0.2, 0) is 11.2 Å². The van der Waals surface area contributed by atoms with Gasteiger partial charge in [-0.3, -0.25) is 9.59 Å². The molecule has 2 aromatic rings. The number of aliphatic hydroxyl groups excluding tert-OH is 1. The predicted octanol–water partition coefficient (Wildman–Crippen LogP) is 2.01. The van der Waals surface area contributed by atoms with Gasteiger partial charge in [0.15, 0.2) is 0 Å². The van der Waals surface area contributed by atoms with Gasteiger partial charge in [0.25, 0.3) is 5.91 Å². The van der Waals surface area contributed by atoms with Gasteiger partial charge >= 0.3 is 0 Å². The lowest BCUT2D eigenvalue weighted by Gasteiger charge is -2.32. The van der Waals surface area contributed by atoms with Gasteiger partial charge in [0.05, 0.1) is 6.10 Å². The average molecular weight is 352 g/mol. The van der Waals surface area contributed by atoms with Crippen molar-refractivity contribution in [1.82, 2.24) is 10.2 Å². The maximum absolute atomic E-state index is 13.0. The largest absolute Gasteiger partial charge is 0.393 e. The van der Waals surface area contributed by atoms with Crippen molar-refractivity contribution in [3.05, 3.63) is 71.8 Å². The Morgan fingerprint density at radius 3 is 2.19 bits per heavy atom. The molecule has 0 radical (unpaired) electrons. The first kappa shape index (κ1) is 18.1. The van der Waals surface area contributed by atoms with E-state index in [1.807, 2.05) is 36.4 Å². The molecule has 1 aliphatic heterocycles. The van der Waals surface area contributed by atoms with Crippen molar-refractivity contribution < 1.29 is 14.7 Å². The molecule has 1 atom stereocenters. The van der Waals surface area contributed by atoms with E-state index in [1.54, 1.807) is 29.2 Å². The number of piperidine rings is 1. The number of hydrogen-bond acceptors (Lipinski definition) is 3. The number of carbonyl (C=O) groups is 2. The molecule has 3 rings (SSSR count). The van der Waals surface area contributed by atoms with Crippen LogP contribution in [0.5, 0.6) is 0 Å². The zero-order chi connectivity index (χ0) is 18.4. The van der Waals surface area contributed by atoms with E-state index >= 15 is 0 Å². The smallest absolute Gasteiger partial charge is 0.251 e. The van der Waals surface area contributed by atoms with Crippen molar-refractivity contribution in [2.45, 2.75) is 31.4 Å². The van der Waals surface area contributed by atoms with Gasteiger partial charge in [0, 0.05) is 25.1 Å². The molecule has 0 spiro atoms. The molecule has 1 heterocycles. The lowest BCUT2D eigenvalue weighted by molar-refractivity contribution is -0.135. The second kappa shape index (κ2) is 8.63. The highest BCUT2D eigenvalue weighted by Gasteiger charge is 2.29. The zero-order valence-corrected chi connectivity index (χ0v) is 14.7. The first-order valence-corrected chi connectivity index (χ1v) is 9.00. The number of benzene rings is 2. The van der Waals surface area contributed by atoms with Crippen LogP contribution >= 0.6 is 0 Å². The summed E-state index contributed by atoms with van der Waals surface area (Å²) in [7, 11) is 0. The van der Waals surface area contributed by atoms with Crippen molar-refractivity contribution in [2.75, 3.05) is 13.1 Å². The SMILES string of the molecule is O=C(NC(Cc1ccccc1)C(=O)N1CCC(O)CC1)c1ccccc1. The lowest BCUT2D eigenvalue weighted by atomic mass is 10.0. The monoisotopic (exact) mass is 352 g/mol. The zero-order valence-electron chi connectivity index (χ0n) is 14.7. The second-order valence-corrected chi connectivity index (χ2v) is 6.64. The molecule has 2 N–H and O–H groups in total. The number of carbonyl (C=O) groups excluding carboxylic acids is 2. The Labute approximate surface area is 153 Å². The quantitative estimate of drug-likeness (QED) is 0.865. The molecular formula is C21H24N2O3. The van der Waals surface area contributed by atoms with Crippen LogP contribution in [0.3, 0.4) is 0 Å². The van der Waals surface area contributed by atoms with Gasteiger partial charge in [0.1, 0.15) is 6.04 Å². The van der Waals surface area contributed by atoms with Gasteiger partial charge in [-0.25, -0.2) is 0 Å². The van der Waals surface area contributed by atoms with Gasteiger partial charge in [-0.15, -0.1) is 0 Å². The van der Waals surface area contributed by atoms with Crippen LogP contribution in [0.1, 0.15) is 28.8 Å². The van der Waals surface area contributed by atoms with Gasteiger partial charge in [-0.05, 0) is 30.5 Å². The summed E-state index contributed by atoms with van der Waals surface area (Å²) in [6, 6.07) is 18.0. The molecule has 2 aromatic carbocycles. The summed E-state index contributed by atoms with van der Waals surface area (Å²) in [5.41, 5.74) is 1.53. The molecule has 0 saturated carbocycles. The van der Waals surface area contributed by atoms with Crippen molar-refractivity contribution in [3.63, 3.8) is 0 Å². The van der Waals surface area contributed by atoms with E-state index in [0.29, 0.717) is 37.9 Å². The third-order valence-electron chi connectivity index (χ3n) is 4.70. The fourth-order valence-corrected chi connectivity index (χ4v) is 3.19. The van der Waals surface area contributed by atoms with Gasteiger partial charge < -0.3 is 15.3 Å². The Balaban J connectivity index is 1.75. The minimum Gasteiger partial charge on any atom is -0.393 e. The van der Waals surface area contributed by atoms with Crippen molar-refractivity contribution in [1.29, 1.82) is 0 Å². The number of aliphatic hydroxyl groups is 1. The van der Waals surface area contributed by atoms with Gasteiger partial charge in [0.2, 0.25) is 5.91 Å². The standard InChI is InChI=1S/C21H24N2O3/c24-18-11-13-23(14-12-18)21(26)19(15-16-7-3-1-4-8-16)22-20(25)17-9-5-2-6-10-17/h1-10,18-19,24H,11-15H2,(H,22,25). The van der Waals surface area contributed by atoms with Crippen LogP contribution in [-0.4, -0.2) is 47.1 Å². The van der Waals surface area contributed by atoms with E-state index < -0.39 is 6.04 Å². The topological polar surface area (TPSA) is 69.6 Å². The first-order valence-electron chi connectivity index (χ1n) is 9.00. The molecule has 2 amide bonds. The minimum atomic E-state index is -0.625. The molecule has 136 valence electrons. The molecule has 1 aliphatic rings. The van der Waals surface area contributed by atoms with Crippen LogP contribution in [0.4, 0.5) is 0 Å². The minimum absolute atomic E-state index is 0.0926. The van der Waals surface area contributed by atoms with Crippen molar-refractivity contribution in [3.8, 4) is 0 Å². The van der Waals surface area contributed by atoms with Crippen LogP contribution in [0.15, 0.2) is 60.7 Å². The molecular weight excluding hydrogens is 328 g/mol. The lowest BCUT2D eigenvalue weighted by Crippen LogP contribution is -2.52.